The molecule has 0 saturated carbocycles. The largest absolute Gasteiger partial charge is 0.384 e. The monoisotopic (exact) mass is 207 g/mol. The van der Waals surface area contributed by atoms with Gasteiger partial charge in [0, 0.05) is 6.54 Å². The molecule has 0 spiro atoms. The van der Waals surface area contributed by atoms with Gasteiger partial charge in [-0.3, -0.25) is 0 Å². The van der Waals surface area contributed by atoms with Gasteiger partial charge in [0.1, 0.15) is 11.6 Å². The molecule has 1 aromatic rings. The molecule has 15 heavy (non-hydrogen) atoms. The standard InChI is InChI=1S/C11H17N3O/c1-2-9-8-15-7-6-14(9)11-5-3-4-10(12)13-11/h3-5,9H,2,6-8H2,1H3,(H2,12,13). The van der Waals surface area contributed by atoms with Crippen molar-refractivity contribution in [2.45, 2.75) is 19.4 Å². The van der Waals surface area contributed by atoms with Crippen molar-refractivity contribution in [1.29, 1.82) is 0 Å². The second-order valence-corrected chi connectivity index (χ2v) is 3.75. The lowest BCUT2D eigenvalue weighted by atomic mass is 10.2. The Labute approximate surface area is 90.0 Å². The number of nitrogen functional groups attached to an aromatic ring is 1. The average molecular weight is 207 g/mol. The zero-order valence-electron chi connectivity index (χ0n) is 9.02. The van der Waals surface area contributed by atoms with Crippen LogP contribution in [-0.2, 0) is 4.74 Å². The summed E-state index contributed by atoms with van der Waals surface area (Å²) in [6.45, 7) is 4.62. The summed E-state index contributed by atoms with van der Waals surface area (Å²) in [7, 11) is 0. The molecule has 4 nitrogen and oxygen atoms in total. The van der Waals surface area contributed by atoms with Crippen LogP contribution >= 0.6 is 0 Å². The second kappa shape index (κ2) is 4.49. The first-order chi connectivity index (χ1) is 7.31. The van der Waals surface area contributed by atoms with E-state index in [1.807, 2.05) is 18.2 Å². The Morgan fingerprint density at radius 1 is 1.60 bits per heavy atom. The molecular formula is C11H17N3O. The molecule has 0 radical (unpaired) electrons. The third kappa shape index (κ3) is 2.21. The quantitative estimate of drug-likeness (QED) is 0.793. The Morgan fingerprint density at radius 3 is 3.20 bits per heavy atom. The average Bonchev–Trinajstić information content (AvgIpc) is 2.29. The van der Waals surface area contributed by atoms with Crippen LogP contribution < -0.4 is 10.6 Å². The van der Waals surface area contributed by atoms with Gasteiger partial charge in [0.05, 0.1) is 19.3 Å². The number of nitrogens with zero attached hydrogens (tertiary/aromatic N) is 2. The van der Waals surface area contributed by atoms with E-state index in [9.17, 15) is 0 Å². The van der Waals surface area contributed by atoms with E-state index in [4.69, 9.17) is 10.5 Å². The Kier molecular flexibility index (Phi) is 3.06. The lowest BCUT2D eigenvalue weighted by Gasteiger charge is -2.36. The number of pyridine rings is 1. The van der Waals surface area contributed by atoms with Crippen molar-refractivity contribution < 1.29 is 4.74 Å². The number of anilines is 2. The van der Waals surface area contributed by atoms with Crippen molar-refractivity contribution >= 4 is 11.6 Å². The van der Waals surface area contributed by atoms with Crippen LogP contribution in [0.5, 0.6) is 0 Å². The minimum absolute atomic E-state index is 0.424. The second-order valence-electron chi connectivity index (χ2n) is 3.75. The smallest absolute Gasteiger partial charge is 0.131 e. The Balaban J connectivity index is 2.20. The van der Waals surface area contributed by atoms with Gasteiger partial charge in [-0.2, -0.15) is 0 Å². The minimum atomic E-state index is 0.424. The van der Waals surface area contributed by atoms with Crippen molar-refractivity contribution in [3.05, 3.63) is 18.2 Å². The molecule has 1 aromatic heterocycles. The molecule has 1 atom stereocenters. The predicted molar refractivity (Wildman–Crippen MR) is 60.9 cm³/mol. The van der Waals surface area contributed by atoms with E-state index in [1.165, 1.54) is 0 Å². The first kappa shape index (κ1) is 10.2. The number of morpholine rings is 1. The molecule has 0 amide bonds. The third-order valence-corrected chi connectivity index (χ3v) is 2.75. The van der Waals surface area contributed by atoms with Crippen LogP contribution in [-0.4, -0.2) is 30.8 Å². The van der Waals surface area contributed by atoms with Gasteiger partial charge in [-0.25, -0.2) is 4.98 Å². The molecule has 1 aliphatic heterocycles. The van der Waals surface area contributed by atoms with E-state index in [0.717, 1.165) is 32.0 Å². The molecule has 0 aliphatic carbocycles. The summed E-state index contributed by atoms with van der Waals surface area (Å²) in [6, 6.07) is 6.18. The Morgan fingerprint density at radius 2 is 2.47 bits per heavy atom. The lowest BCUT2D eigenvalue weighted by molar-refractivity contribution is 0.0926. The summed E-state index contributed by atoms with van der Waals surface area (Å²) in [6.07, 6.45) is 1.07. The highest BCUT2D eigenvalue weighted by Crippen LogP contribution is 2.19. The van der Waals surface area contributed by atoms with Crippen LogP contribution in [0.4, 0.5) is 11.6 Å². The van der Waals surface area contributed by atoms with Crippen LogP contribution in [0.3, 0.4) is 0 Å². The van der Waals surface area contributed by atoms with Gasteiger partial charge in [0.15, 0.2) is 0 Å². The molecule has 1 fully saturated rings. The number of aromatic nitrogens is 1. The fourth-order valence-electron chi connectivity index (χ4n) is 1.89. The van der Waals surface area contributed by atoms with Gasteiger partial charge >= 0.3 is 0 Å². The highest BCUT2D eigenvalue weighted by Gasteiger charge is 2.22. The predicted octanol–water partition coefficient (Wildman–Crippen LogP) is 1.28. The number of nitrogens with two attached hydrogens (primary N) is 1. The van der Waals surface area contributed by atoms with Crippen molar-refractivity contribution in [3.8, 4) is 0 Å². The zero-order chi connectivity index (χ0) is 10.7. The molecule has 1 unspecified atom stereocenters. The van der Waals surface area contributed by atoms with E-state index in [1.54, 1.807) is 0 Å². The van der Waals surface area contributed by atoms with Gasteiger partial charge in [0.25, 0.3) is 0 Å². The molecule has 0 aromatic carbocycles. The zero-order valence-corrected chi connectivity index (χ0v) is 9.02. The first-order valence-corrected chi connectivity index (χ1v) is 5.38. The normalized spacial score (nSPS) is 21.7. The maximum Gasteiger partial charge on any atom is 0.131 e. The molecule has 4 heteroatoms. The van der Waals surface area contributed by atoms with Crippen LogP contribution in [0.2, 0.25) is 0 Å². The minimum Gasteiger partial charge on any atom is -0.384 e. The maximum absolute atomic E-state index is 5.68. The highest BCUT2D eigenvalue weighted by molar-refractivity contribution is 5.45. The summed E-state index contributed by atoms with van der Waals surface area (Å²) in [5, 5.41) is 0. The van der Waals surface area contributed by atoms with E-state index in [2.05, 4.69) is 16.8 Å². The van der Waals surface area contributed by atoms with Crippen LogP contribution in [0.15, 0.2) is 18.2 Å². The summed E-state index contributed by atoms with van der Waals surface area (Å²) in [5.41, 5.74) is 5.68. The topological polar surface area (TPSA) is 51.4 Å². The fourth-order valence-corrected chi connectivity index (χ4v) is 1.89. The van der Waals surface area contributed by atoms with Crippen LogP contribution in [0, 0.1) is 0 Å². The molecule has 1 saturated heterocycles. The van der Waals surface area contributed by atoms with Crippen LogP contribution in [0.25, 0.3) is 0 Å². The van der Waals surface area contributed by atoms with Crippen molar-refractivity contribution in [2.75, 3.05) is 30.4 Å². The maximum atomic E-state index is 5.68. The van der Waals surface area contributed by atoms with E-state index >= 15 is 0 Å². The van der Waals surface area contributed by atoms with Gasteiger partial charge < -0.3 is 15.4 Å². The molecular weight excluding hydrogens is 190 g/mol. The number of ether oxygens (including phenoxy) is 1. The van der Waals surface area contributed by atoms with E-state index in [-0.39, 0.29) is 0 Å². The van der Waals surface area contributed by atoms with Crippen molar-refractivity contribution in [2.24, 2.45) is 0 Å². The summed E-state index contributed by atoms with van der Waals surface area (Å²) in [4.78, 5) is 6.62. The fraction of sp³-hybridized carbons (Fsp3) is 0.545. The van der Waals surface area contributed by atoms with E-state index < -0.39 is 0 Å². The molecule has 2 rings (SSSR count). The van der Waals surface area contributed by atoms with Gasteiger partial charge in [-0.05, 0) is 18.6 Å². The summed E-state index contributed by atoms with van der Waals surface area (Å²) in [5.74, 6) is 1.54. The number of hydrogen-bond donors (Lipinski definition) is 1. The molecule has 1 aliphatic rings. The van der Waals surface area contributed by atoms with Crippen molar-refractivity contribution in [3.63, 3.8) is 0 Å². The summed E-state index contributed by atoms with van der Waals surface area (Å²) < 4.78 is 5.45. The van der Waals surface area contributed by atoms with Crippen LogP contribution in [0.1, 0.15) is 13.3 Å². The molecule has 82 valence electrons. The van der Waals surface area contributed by atoms with Crippen molar-refractivity contribution in [1.82, 2.24) is 4.98 Å². The lowest BCUT2D eigenvalue weighted by Crippen LogP contribution is -2.45. The van der Waals surface area contributed by atoms with Gasteiger partial charge in [-0.15, -0.1) is 0 Å². The Bertz CT molecular complexity index is 329. The van der Waals surface area contributed by atoms with Gasteiger partial charge in [0.2, 0.25) is 0 Å². The Hall–Kier alpha value is -1.29. The molecule has 2 heterocycles. The SMILES string of the molecule is CCC1COCCN1c1cccc(N)n1. The molecule has 0 bridgehead atoms. The highest BCUT2D eigenvalue weighted by atomic mass is 16.5. The first-order valence-electron chi connectivity index (χ1n) is 5.38. The number of rotatable bonds is 2. The van der Waals surface area contributed by atoms with Gasteiger partial charge in [-0.1, -0.05) is 13.0 Å². The van der Waals surface area contributed by atoms with E-state index in [0.29, 0.717) is 11.9 Å². The summed E-state index contributed by atoms with van der Waals surface area (Å²) >= 11 is 0. The molecule has 2 N–H and O–H groups in total. The third-order valence-electron chi connectivity index (χ3n) is 2.75. The number of hydrogen-bond acceptors (Lipinski definition) is 4.